The number of esters is 1. The van der Waals surface area contributed by atoms with Gasteiger partial charge in [0.2, 0.25) is 10.0 Å². The normalized spacial score (nSPS) is 33.6. The molecule has 5 fully saturated rings. The molecule has 6 rings (SSSR count). The molecule has 1 aromatic carbocycles. The molecule has 1 heterocycles. The SMILES string of the molecule is O=C(COC(=O)C12C[C@@H]3C[C@H](CC(Cl)(C3)C1)C2)Nc1cccc(S(=O)(=O)N2CCCCC2)c1. The van der Waals surface area contributed by atoms with Crippen LogP contribution in [-0.4, -0.2) is 49.2 Å². The van der Waals surface area contributed by atoms with Gasteiger partial charge in [-0.3, -0.25) is 9.59 Å². The van der Waals surface area contributed by atoms with E-state index in [2.05, 4.69) is 5.32 Å². The maximum absolute atomic E-state index is 13.0. The lowest BCUT2D eigenvalue weighted by molar-refractivity contribution is -0.171. The molecule has 1 N–H and O–H groups in total. The molecule has 1 saturated heterocycles. The maximum Gasteiger partial charge on any atom is 0.312 e. The second-order valence-corrected chi connectivity index (χ2v) is 13.2. The van der Waals surface area contributed by atoms with E-state index in [4.69, 9.17) is 16.3 Å². The number of alkyl halides is 1. The van der Waals surface area contributed by atoms with Crippen molar-refractivity contribution >= 4 is 39.2 Å². The number of halogens is 1. The van der Waals surface area contributed by atoms with Gasteiger partial charge in [0.15, 0.2) is 6.61 Å². The summed E-state index contributed by atoms with van der Waals surface area (Å²) in [5.74, 6) is 0.129. The predicted octanol–water partition coefficient (Wildman–Crippen LogP) is 3.92. The molecule has 0 unspecified atom stereocenters. The van der Waals surface area contributed by atoms with Crippen molar-refractivity contribution in [1.29, 1.82) is 0 Å². The van der Waals surface area contributed by atoms with E-state index >= 15 is 0 Å². The number of hydrogen-bond donors (Lipinski definition) is 1. The predicted molar refractivity (Wildman–Crippen MR) is 124 cm³/mol. The molecule has 0 spiro atoms. The Hall–Kier alpha value is -1.64. The maximum atomic E-state index is 13.0. The van der Waals surface area contributed by atoms with Crippen LogP contribution in [0.5, 0.6) is 0 Å². The smallest absolute Gasteiger partial charge is 0.312 e. The average Bonchev–Trinajstić information content (AvgIpc) is 2.76. The van der Waals surface area contributed by atoms with E-state index < -0.39 is 28.0 Å². The summed E-state index contributed by atoms with van der Waals surface area (Å²) in [6, 6.07) is 6.23. The summed E-state index contributed by atoms with van der Waals surface area (Å²) in [6.07, 6.45) is 8.06. The van der Waals surface area contributed by atoms with Gasteiger partial charge in [-0.1, -0.05) is 12.5 Å². The van der Waals surface area contributed by atoms with Gasteiger partial charge >= 0.3 is 5.97 Å². The number of nitrogens with zero attached hydrogens (tertiary/aromatic N) is 1. The van der Waals surface area contributed by atoms with Crippen LogP contribution in [0, 0.1) is 17.3 Å². The molecule has 0 aromatic heterocycles. The number of nitrogens with one attached hydrogen (secondary N) is 1. The van der Waals surface area contributed by atoms with Crippen LogP contribution in [0.15, 0.2) is 29.2 Å². The van der Waals surface area contributed by atoms with Crippen LogP contribution in [0.1, 0.15) is 57.8 Å². The first-order valence-electron chi connectivity index (χ1n) is 11.9. The number of benzene rings is 1. The highest BCUT2D eigenvalue weighted by Crippen LogP contribution is 2.64. The van der Waals surface area contributed by atoms with E-state index in [9.17, 15) is 18.0 Å². The quantitative estimate of drug-likeness (QED) is 0.478. The third-order valence-corrected chi connectivity index (χ3v) is 10.2. The molecule has 1 aromatic rings. The van der Waals surface area contributed by atoms with E-state index in [-0.39, 0.29) is 15.7 Å². The summed E-state index contributed by atoms with van der Waals surface area (Å²) < 4.78 is 32.8. The minimum absolute atomic E-state index is 0.153. The topological polar surface area (TPSA) is 92.8 Å². The van der Waals surface area contributed by atoms with Crippen molar-refractivity contribution in [2.24, 2.45) is 17.3 Å². The van der Waals surface area contributed by atoms with E-state index in [0.29, 0.717) is 37.0 Å². The number of sulfonamides is 1. The summed E-state index contributed by atoms with van der Waals surface area (Å²) in [5, 5.41) is 2.67. The van der Waals surface area contributed by atoms with Crippen molar-refractivity contribution in [3.8, 4) is 0 Å². The van der Waals surface area contributed by atoms with Crippen LogP contribution < -0.4 is 5.32 Å². The zero-order valence-corrected chi connectivity index (χ0v) is 20.3. The second kappa shape index (κ2) is 8.54. The summed E-state index contributed by atoms with van der Waals surface area (Å²) in [4.78, 5) is 25.4. The number of hydrogen-bond acceptors (Lipinski definition) is 5. The highest BCUT2D eigenvalue weighted by molar-refractivity contribution is 7.89. The summed E-state index contributed by atoms with van der Waals surface area (Å²) >= 11 is 6.80. The Morgan fingerprint density at radius 1 is 1.09 bits per heavy atom. The summed E-state index contributed by atoms with van der Waals surface area (Å²) in [5.41, 5.74) is -0.196. The van der Waals surface area contributed by atoms with Crippen LogP contribution in [0.4, 0.5) is 5.69 Å². The molecule has 9 heteroatoms. The number of carbonyl (C=O) groups is 2. The standard InChI is InChI=1S/C24H31ClN2O5S/c25-24-13-17-9-18(14-24)12-23(11-17,16-24)22(29)32-15-21(28)26-19-5-4-6-20(10-19)33(30,31)27-7-2-1-3-8-27/h4-6,10,17-18H,1-3,7-9,11-16H2,(H,26,28)/t17-,18-,23?,24?/m0/s1. The van der Waals surface area contributed by atoms with Crippen LogP contribution in [0.3, 0.4) is 0 Å². The Bertz CT molecular complexity index is 1040. The minimum atomic E-state index is -3.59. The minimum Gasteiger partial charge on any atom is -0.455 e. The Morgan fingerprint density at radius 3 is 2.45 bits per heavy atom. The van der Waals surface area contributed by atoms with Crippen LogP contribution in [0.2, 0.25) is 0 Å². The van der Waals surface area contributed by atoms with Crippen molar-refractivity contribution in [2.45, 2.75) is 67.6 Å². The van der Waals surface area contributed by atoms with Crippen LogP contribution in [-0.2, 0) is 24.3 Å². The third kappa shape index (κ3) is 4.54. The van der Waals surface area contributed by atoms with Crippen LogP contribution >= 0.6 is 11.6 Å². The van der Waals surface area contributed by atoms with Gasteiger partial charge < -0.3 is 10.1 Å². The van der Waals surface area contributed by atoms with Crippen LogP contribution in [0.25, 0.3) is 0 Å². The highest BCUT2D eigenvalue weighted by atomic mass is 35.5. The van der Waals surface area contributed by atoms with E-state index in [1.165, 1.54) is 16.4 Å². The number of amides is 1. The van der Waals surface area contributed by atoms with E-state index in [1.54, 1.807) is 12.1 Å². The molecule has 0 radical (unpaired) electrons. The highest BCUT2D eigenvalue weighted by Gasteiger charge is 2.60. The van der Waals surface area contributed by atoms with Crippen molar-refractivity contribution < 1.29 is 22.7 Å². The molecule has 1 aliphatic heterocycles. The number of rotatable bonds is 6. The van der Waals surface area contributed by atoms with E-state index in [1.807, 2.05) is 0 Å². The molecular formula is C24H31ClN2O5S. The summed E-state index contributed by atoms with van der Waals surface area (Å²) in [7, 11) is -3.59. The largest absolute Gasteiger partial charge is 0.455 e. The molecule has 180 valence electrons. The average molecular weight is 495 g/mol. The number of carbonyl (C=O) groups excluding carboxylic acids is 2. The van der Waals surface area contributed by atoms with Crippen molar-refractivity contribution in [3.05, 3.63) is 24.3 Å². The van der Waals surface area contributed by atoms with Gasteiger partial charge in [0.05, 0.1) is 10.3 Å². The molecule has 4 aliphatic carbocycles. The van der Waals surface area contributed by atoms with Gasteiger partial charge in [-0.05, 0) is 81.4 Å². The van der Waals surface area contributed by atoms with Gasteiger partial charge in [0, 0.05) is 23.7 Å². The first kappa shape index (κ1) is 23.1. The van der Waals surface area contributed by atoms with Gasteiger partial charge in [-0.15, -0.1) is 11.6 Å². The Labute approximate surface area is 200 Å². The molecular weight excluding hydrogens is 464 g/mol. The number of ether oxygens (including phenoxy) is 1. The zero-order valence-electron chi connectivity index (χ0n) is 18.7. The fraction of sp³-hybridized carbons (Fsp3) is 0.667. The molecule has 1 amide bonds. The lowest BCUT2D eigenvalue weighted by Gasteiger charge is -2.58. The molecule has 7 nitrogen and oxygen atoms in total. The summed E-state index contributed by atoms with van der Waals surface area (Å²) in [6.45, 7) is 0.637. The van der Waals surface area contributed by atoms with Gasteiger partial charge in [0.1, 0.15) is 0 Å². The molecule has 2 atom stereocenters. The molecule has 5 aliphatic rings. The van der Waals surface area contributed by atoms with Crippen molar-refractivity contribution in [2.75, 3.05) is 25.0 Å². The van der Waals surface area contributed by atoms with Gasteiger partial charge in [-0.25, -0.2) is 8.42 Å². The Morgan fingerprint density at radius 2 is 1.79 bits per heavy atom. The van der Waals surface area contributed by atoms with Gasteiger partial charge in [0.25, 0.3) is 5.91 Å². The fourth-order valence-corrected chi connectivity index (χ4v) is 9.12. The monoisotopic (exact) mass is 494 g/mol. The first-order valence-corrected chi connectivity index (χ1v) is 13.8. The first-order chi connectivity index (χ1) is 15.7. The molecule has 4 saturated carbocycles. The zero-order chi connectivity index (χ0) is 23.3. The number of anilines is 1. The number of piperidine rings is 1. The van der Waals surface area contributed by atoms with Crippen molar-refractivity contribution in [1.82, 2.24) is 4.31 Å². The van der Waals surface area contributed by atoms with Crippen molar-refractivity contribution in [3.63, 3.8) is 0 Å². The Kier molecular flexibility index (Phi) is 5.98. The molecule has 33 heavy (non-hydrogen) atoms. The lowest BCUT2D eigenvalue weighted by atomic mass is 9.49. The third-order valence-electron chi connectivity index (χ3n) is 7.83. The Balaban J connectivity index is 1.20. The van der Waals surface area contributed by atoms with Gasteiger partial charge in [-0.2, -0.15) is 4.31 Å². The van der Waals surface area contributed by atoms with E-state index in [0.717, 1.165) is 51.4 Å². The fourth-order valence-electron chi connectivity index (χ4n) is 6.86. The molecule has 4 bridgehead atoms. The second-order valence-electron chi connectivity index (χ2n) is 10.5. The lowest BCUT2D eigenvalue weighted by Crippen LogP contribution is -2.56.